The minimum absolute atomic E-state index is 0.898. The van der Waals surface area contributed by atoms with Gasteiger partial charge in [0.05, 0.1) is 18.3 Å². The van der Waals surface area contributed by atoms with Crippen LogP contribution in [0, 0.1) is 11.8 Å². The summed E-state index contributed by atoms with van der Waals surface area (Å²) < 4.78 is 1.78. The molecule has 0 amide bonds. The molecule has 0 atom stereocenters. The van der Waals surface area contributed by atoms with Crippen LogP contribution in [0.25, 0.3) is 0 Å². The van der Waals surface area contributed by atoms with Crippen molar-refractivity contribution in [1.82, 2.24) is 14.7 Å². The third-order valence-corrected chi connectivity index (χ3v) is 2.69. The van der Waals surface area contributed by atoms with Gasteiger partial charge >= 0.3 is 0 Å². The van der Waals surface area contributed by atoms with Gasteiger partial charge < -0.3 is 0 Å². The van der Waals surface area contributed by atoms with Crippen molar-refractivity contribution < 1.29 is 0 Å². The Morgan fingerprint density at radius 1 is 1.33 bits per heavy atom. The van der Waals surface area contributed by atoms with Gasteiger partial charge in [0, 0.05) is 13.2 Å². The lowest BCUT2D eigenvalue weighted by Gasteiger charge is -2.23. The van der Waals surface area contributed by atoms with Crippen molar-refractivity contribution in [2.24, 2.45) is 7.05 Å². The van der Waals surface area contributed by atoms with Crippen LogP contribution in [-0.4, -0.2) is 34.3 Å². The molecular weight excluding hydrogens is 186 g/mol. The SMILES string of the molecule is Cn1cc(C#CCN2CCCCC2)cn1. The first-order valence-electron chi connectivity index (χ1n) is 5.54. The van der Waals surface area contributed by atoms with Crippen LogP contribution in [0.1, 0.15) is 24.8 Å². The maximum absolute atomic E-state index is 4.08. The topological polar surface area (TPSA) is 21.1 Å². The van der Waals surface area contributed by atoms with E-state index in [4.69, 9.17) is 0 Å². The van der Waals surface area contributed by atoms with Crippen LogP contribution in [0.5, 0.6) is 0 Å². The fourth-order valence-electron chi connectivity index (χ4n) is 1.86. The van der Waals surface area contributed by atoms with Gasteiger partial charge in [0.2, 0.25) is 0 Å². The first-order chi connectivity index (χ1) is 7.34. The second-order valence-corrected chi connectivity index (χ2v) is 4.04. The van der Waals surface area contributed by atoms with Crippen LogP contribution in [0.4, 0.5) is 0 Å². The number of nitrogens with zero attached hydrogens (tertiary/aromatic N) is 3. The monoisotopic (exact) mass is 203 g/mol. The number of likely N-dealkylation sites (tertiary alicyclic amines) is 1. The maximum Gasteiger partial charge on any atom is 0.0646 e. The molecule has 1 aliphatic rings. The number of piperidine rings is 1. The van der Waals surface area contributed by atoms with E-state index in [0.717, 1.165) is 12.1 Å². The van der Waals surface area contributed by atoms with Gasteiger partial charge in [-0.3, -0.25) is 9.58 Å². The molecular formula is C12H17N3. The molecule has 1 saturated heterocycles. The van der Waals surface area contributed by atoms with E-state index in [1.165, 1.54) is 32.4 Å². The molecule has 0 spiro atoms. The van der Waals surface area contributed by atoms with E-state index < -0.39 is 0 Å². The molecule has 0 N–H and O–H groups in total. The van der Waals surface area contributed by atoms with Crippen molar-refractivity contribution in [2.45, 2.75) is 19.3 Å². The van der Waals surface area contributed by atoms with Crippen molar-refractivity contribution >= 4 is 0 Å². The van der Waals surface area contributed by atoms with Gasteiger partial charge in [-0.05, 0) is 25.9 Å². The number of rotatable bonds is 1. The van der Waals surface area contributed by atoms with Crippen molar-refractivity contribution in [3.8, 4) is 11.8 Å². The number of aromatic nitrogens is 2. The minimum atomic E-state index is 0.898. The molecule has 0 aliphatic carbocycles. The smallest absolute Gasteiger partial charge is 0.0646 e. The molecule has 3 heteroatoms. The molecule has 0 unspecified atom stereocenters. The van der Waals surface area contributed by atoms with Gasteiger partial charge in [0.25, 0.3) is 0 Å². The summed E-state index contributed by atoms with van der Waals surface area (Å²) >= 11 is 0. The van der Waals surface area contributed by atoms with Gasteiger partial charge in [0.15, 0.2) is 0 Å². The maximum atomic E-state index is 4.08. The lowest BCUT2D eigenvalue weighted by molar-refractivity contribution is 0.255. The molecule has 3 nitrogen and oxygen atoms in total. The highest BCUT2D eigenvalue weighted by Gasteiger charge is 2.07. The van der Waals surface area contributed by atoms with Crippen LogP contribution in [0.15, 0.2) is 12.4 Å². The average molecular weight is 203 g/mol. The van der Waals surface area contributed by atoms with Gasteiger partial charge in [-0.25, -0.2) is 0 Å². The van der Waals surface area contributed by atoms with E-state index in [9.17, 15) is 0 Å². The first-order valence-corrected chi connectivity index (χ1v) is 5.54. The zero-order valence-corrected chi connectivity index (χ0v) is 9.24. The summed E-state index contributed by atoms with van der Waals surface area (Å²) in [4.78, 5) is 2.42. The largest absolute Gasteiger partial charge is 0.292 e. The lowest BCUT2D eigenvalue weighted by atomic mass is 10.1. The van der Waals surface area contributed by atoms with E-state index in [1.54, 1.807) is 4.68 Å². The van der Waals surface area contributed by atoms with E-state index in [0.29, 0.717) is 0 Å². The quantitative estimate of drug-likeness (QED) is 0.641. The third kappa shape index (κ3) is 3.10. The molecule has 80 valence electrons. The lowest BCUT2D eigenvalue weighted by Crippen LogP contribution is -2.29. The predicted octanol–water partition coefficient (Wildman–Crippen LogP) is 1.26. The molecule has 0 saturated carbocycles. The van der Waals surface area contributed by atoms with Crippen LogP contribution >= 0.6 is 0 Å². The molecule has 0 bridgehead atoms. The fraction of sp³-hybridized carbons (Fsp3) is 0.583. The second-order valence-electron chi connectivity index (χ2n) is 4.04. The van der Waals surface area contributed by atoms with Gasteiger partial charge in [-0.1, -0.05) is 18.3 Å². The predicted molar refractivity (Wildman–Crippen MR) is 60.4 cm³/mol. The Labute approximate surface area is 91.1 Å². The summed E-state index contributed by atoms with van der Waals surface area (Å²) in [6.07, 6.45) is 7.79. The van der Waals surface area contributed by atoms with Gasteiger partial charge in [-0.15, -0.1) is 0 Å². The zero-order chi connectivity index (χ0) is 10.5. The normalized spacial score (nSPS) is 17.1. The van der Waals surface area contributed by atoms with Crippen molar-refractivity contribution in [3.05, 3.63) is 18.0 Å². The Morgan fingerprint density at radius 3 is 2.80 bits per heavy atom. The van der Waals surface area contributed by atoms with Crippen LogP contribution in [-0.2, 0) is 7.05 Å². The zero-order valence-electron chi connectivity index (χ0n) is 9.24. The Morgan fingerprint density at radius 2 is 2.13 bits per heavy atom. The van der Waals surface area contributed by atoms with Crippen molar-refractivity contribution in [3.63, 3.8) is 0 Å². The first kappa shape index (κ1) is 10.3. The van der Waals surface area contributed by atoms with Crippen LogP contribution in [0.3, 0.4) is 0 Å². The van der Waals surface area contributed by atoms with Crippen molar-refractivity contribution in [2.75, 3.05) is 19.6 Å². The molecule has 1 aromatic rings. The summed E-state index contributed by atoms with van der Waals surface area (Å²) in [5.41, 5.74) is 1.01. The standard InChI is InChI=1S/C12H17N3/c1-14-11-12(10-13-14)6-5-9-15-7-3-2-4-8-15/h10-11H,2-4,7-9H2,1H3. The highest BCUT2D eigenvalue weighted by atomic mass is 15.2. The third-order valence-electron chi connectivity index (χ3n) is 2.69. The molecule has 1 aliphatic heterocycles. The van der Waals surface area contributed by atoms with E-state index in [1.807, 2.05) is 19.4 Å². The molecule has 1 fully saturated rings. The minimum Gasteiger partial charge on any atom is -0.292 e. The summed E-state index contributed by atoms with van der Waals surface area (Å²) in [5, 5.41) is 4.08. The molecule has 2 heterocycles. The fourth-order valence-corrected chi connectivity index (χ4v) is 1.86. The number of hydrogen-bond donors (Lipinski definition) is 0. The second kappa shape index (κ2) is 4.99. The van der Waals surface area contributed by atoms with Crippen molar-refractivity contribution in [1.29, 1.82) is 0 Å². The Hall–Kier alpha value is -1.27. The van der Waals surface area contributed by atoms with Crippen LogP contribution < -0.4 is 0 Å². The van der Waals surface area contributed by atoms with Gasteiger partial charge in [0.1, 0.15) is 0 Å². The number of hydrogen-bond acceptors (Lipinski definition) is 2. The summed E-state index contributed by atoms with van der Waals surface area (Å²) in [5.74, 6) is 6.35. The van der Waals surface area contributed by atoms with E-state index in [2.05, 4.69) is 21.8 Å². The molecule has 2 rings (SSSR count). The summed E-state index contributed by atoms with van der Waals surface area (Å²) in [7, 11) is 1.91. The highest BCUT2D eigenvalue weighted by molar-refractivity contribution is 5.29. The molecule has 0 radical (unpaired) electrons. The van der Waals surface area contributed by atoms with E-state index in [-0.39, 0.29) is 0 Å². The average Bonchev–Trinajstić information content (AvgIpc) is 2.66. The van der Waals surface area contributed by atoms with Gasteiger partial charge in [-0.2, -0.15) is 5.10 Å². The number of aryl methyl sites for hydroxylation is 1. The Balaban J connectivity index is 1.84. The van der Waals surface area contributed by atoms with Crippen LogP contribution in [0.2, 0.25) is 0 Å². The van der Waals surface area contributed by atoms with E-state index >= 15 is 0 Å². The summed E-state index contributed by atoms with van der Waals surface area (Å²) in [6.45, 7) is 3.32. The molecule has 1 aromatic heterocycles. The molecule has 0 aromatic carbocycles. The molecule has 15 heavy (non-hydrogen) atoms. The highest BCUT2D eigenvalue weighted by Crippen LogP contribution is 2.07. The summed E-state index contributed by atoms with van der Waals surface area (Å²) in [6, 6.07) is 0. The Kier molecular flexibility index (Phi) is 3.41. The Bertz CT molecular complexity index is 364.